The summed E-state index contributed by atoms with van der Waals surface area (Å²) in [5.41, 5.74) is 0. The first-order chi connectivity index (χ1) is 19.9. The SMILES string of the molecule is CO[C@@H]1O[C@H](CC(Sc2ccccc2)(Sc2ccccc2)C(=O)[C@@H]2OC(C)(C)O[C@@H]2COC(C)=O)[C@H]2OC(C)(C)O[C@@H]12. The molecule has 0 radical (unpaired) electrons. The molecule has 0 N–H and O–H groups in total. The van der Waals surface area contributed by atoms with E-state index in [2.05, 4.69) is 0 Å². The highest BCUT2D eigenvalue weighted by Crippen LogP contribution is 2.54. The van der Waals surface area contributed by atoms with Crippen molar-refractivity contribution in [1.29, 1.82) is 0 Å². The lowest BCUT2D eigenvalue weighted by Crippen LogP contribution is -2.48. The van der Waals surface area contributed by atoms with Crippen molar-refractivity contribution in [3.8, 4) is 0 Å². The molecule has 2 aromatic rings. The van der Waals surface area contributed by atoms with Gasteiger partial charge in [-0.15, -0.1) is 0 Å². The third-order valence-corrected chi connectivity index (χ3v) is 10.0. The van der Waals surface area contributed by atoms with E-state index in [0.717, 1.165) is 9.79 Å². The van der Waals surface area contributed by atoms with Crippen molar-refractivity contribution in [3.05, 3.63) is 60.7 Å². The third-order valence-electron chi connectivity index (χ3n) is 7.13. The fourth-order valence-electron chi connectivity index (χ4n) is 5.52. The molecule has 42 heavy (non-hydrogen) atoms. The second kappa shape index (κ2) is 12.6. The number of carbonyl (C=O) groups excluding carboxylic acids is 2. The Balaban J connectivity index is 1.57. The van der Waals surface area contributed by atoms with Gasteiger partial charge in [0.15, 0.2) is 29.8 Å². The smallest absolute Gasteiger partial charge is 0.302 e. The minimum atomic E-state index is -1.18. The minimum Gasteiger partial charge on any atom is -0.463 e. The zero-order chi connectivity index (χ0) is 30.1. The maximum absolute atomic E-state index is 15.0. The van der Waals surface area contributed by atoms with Gasteiger partial charge in [0.1, 0.15) is 29.0 Å². The highest BCUT2D eigenvalue weighted by atomic mass is 32.2. The summed E-state index contributed by atoms with van der Waals surface area (Å²) in [7, 11) is 1.57. The minimum absolute atomic E-state index is 0.112. The number of benzene rings is 2. The van der Waals surface area contributed by atoms with Crippen LogP contribution in [0.25, 0.3) is 0 Å². The highest BCUT2D eigenvalue weighted by molar-refractivity contribution is 8.19. The van der Waals surface area contributed by atoms with Crippen molar-refractivity contribution in [2.75, 3.05) is 13.7 Å². The Morgan fingerprint density at radius 2 is 1.36 bits per heavy atom. The van der Waals surface area contributed by atoms with Crippen molar-refractivity contribution >= 4 is 35.3 Å². The van der Waals surface area contributed by atoms with Crippen LogP contribution in [0.1, 0.15) is 41.0 Å². The zero-order valence-corrected chi connectivity index (χ0v) is 26.3. The largest absolute Gasteiger partial charge is 0.463 e. The molecule has 3 aliphatic rings. The van der Waals surface area contributed by atoms with Gasteiger partial charge in [-0.3, -0.25) is 9.59 Å². The normalized spacial score (nSPS) is 29.8. The van der Waals surface area contributed by atoms with Gasteiger partial charge in [-0.05, 0) is 52.0 Å². The topological polar surface area (TPSA) is 98.8 Å². The average molecular weight is 619 g/mol. The predicted molar refractivity (Wildman–Crippen MR) is 157 cm³/mol. The molecule has 0 saturated carbocycles. The van der Waals surface area contributed by atoms with E-state index < -0.39 is 58.4 Å². The molecule has 0 aromatic heterocycles. The summed E-state index contributed by atoms with van der Waals surface area (Å²) in [5, 5.41) is 0. The maximum atomic E-state index is 15.0. The van der Waals surface area contributed by atoms with Gasteiger partial charge in [0.25, 0.3) is 0 Å². The molecule has 5 rings (SSSR count). The molecule has 0 unspecified atom stereocenters. The number of fused-ring (bicyclic) bond motifs is 1. The van der Waals surface area contributed by atoms with Crippen LogP contribution in [-0.2, 0) is 42.7 Å². The van der Waals surface area contributed by atoms with E-state index in [4.69, 9.17) is 33.2 Å². The molecular weight excluding hydrogens is 580 g/mol. The van der Waals surface area contributed by atoms with Crippen LogP contribution in [0.2, 0.25) is 0 Å². The second-order valence-electron chi connectivity index (χ2n) is 11.4. The monoisotopic (exact) mass is 618 g/mol. The Kier molecular flexibility index (Phi) is 9.42. The molecule has 228 valence electrons. The lowest BCUT2D eigenvalue weighted by Gasteiger charge is -2.36. The van der Waals surface area contributed by atoms with Crippen molar-refractivity contribution in [1.82, 2.24) is 0 Å². The number of ether oxygens (including phenoxy) is 7. The van der Waals surface area contributed by atoms with E-state index in [1.165, 1.54) is 30.4 Å². The first kappa shape index (κ1) is 31.5. The lowest BCUT2D eigenvalue weighted by atomic mass is 9.99. The molecule has 3 saturated heterocycles. The fraction of sp³-hybridized carbons (Fsp3) is 0.548. The van der Waals surface area contributed by atoms with Gasteiger partial charge in [0.2, 0.25) is 0 Å². The molecule has 6 atom stereocenters. The number of thioether (sulfide) groups is 2. The molecule has 11 heteroatoms. The predicted octanol–water partition coefficient (Wildman–Crippen LogP) is 5.20. The number of hydrogen-bond donors (Lipinski definition) is 0. The van der Waals surface area contributed by atoms with Crippen molar-refractivity contribution in [3.63, 3.8) is 0 Å². The van der Waals surface area contributed by atoms with E-state index in [9.17, 15) is 4.79 Å². The molecule has 3 fully saturated rings. The van der Waals surface area contributed by atoms with Gasteiger partial charge in [0.05, 0.1) is 6.10 Å². The number of ketones is 1. The van der Waals surface area contributed by atoms with E-state index in [1.54, 1.807) is 21.0 Å². The third kappa shape index (κ3) is 7.05. The molecule has 0 aliphatic carbocycles. The van der Waals surface area contributed by atoms with Gasteiger partial charge >= 0.3 is 5.97 Å². The Labute approximate surface area is 255 Å². The molecular formula is C31H38O9S2. The molecule has 2 aromatic carbocycles. The van der Waals surface area contributed by atoms with Crippen LogP contribution in [0.3, 0.4) is 0 Å². The van der Waals surface area contributed by atoms with Gasteiger partial charge in [0, 0.05) is 30.2 Å². The van der Waals surface area contributed by atoms with E-state index in [1.807, 2.05) is 74.5 Å². The number of methoxy groups -OCH3 is 1. The number of hydrogen-bond acceptors (Lipinski definition) is 11. The zero-order valence-electron chi connectivity index (χ0n) is 24.6. The van der Waals surface area contributed by atoms with Crippen LogP contribution in [0.5, 0.6) is 0 Å². The highest BCUT2D eigenvalue weighted by Gasteiger charge is 2.60. The first-order valence-electron chi connectivity index (χ1n) is 14.0. The molecule has 9 nitrogen and oxygen atoms in total. The summed E-state index contributed by atoms with van der Waals surface area (Å²) >= 11 is 2.87. The van der Waals surface area contributed by atoms with E-state index >= 15 is 4.79 Å². The molecule has 3 heterocycles. The van der Waals surface area contributed by atoms with Crippen molar-refractivity contribution in [2.45, 2.75) is 103 Å². The van der Waals surface area contributed by atoms with Crippen LogP contribution in [0, 0.1) is 0 Å². The number of Topliss-reactive ketones (excluding diaryl/α,β-unsaturated/α-hetero) is 1. The molecule has 3 aliphatic heterocycles. The summed E-state index contributed by atoms with van der Waals surface area (Å²) in [6.45, 7) is 8.42. The average Bonchev–Trinajstić information content (AvgIpc) is 3.54. The standard InChI is InChI=1S/C31H38O9S2/c1-19(32)35-18-23-25(39-29(2,3)37-23)27(33)31(41-20-13-9-7-10-14-20,42-21-15-11-8-12-16-21)17-22-24-26(28(34-6)36-22)40-30(4,5)38-24/h7-16,22-26,28H,17-18H2,1-6H3/t22-,23-,24-,25-,26-,28-/m1/s1. The Bertz CT molecular complexity index is 1200. The van der Waals surface area contributed by atoms with Gasteiger partial charge in [-0.2, -0.15) is 0 Å². The number of carbonyl (C=O) groups is 2. The van der Waals surface area contributed by atoms with Crippen LogP contribution in [-0.4, -0.2) is 77.9 Å². The molecule has 0 spiro atoms. The van der Waals surface area contributed by atoms with Crippen molar-refractivity contribution in [2.24, 2.45) is 0 Å². The Hall–Kier alpha value is -1.96. The molecule has 0 amide bonds. The summed E-state index contributed by atoms with van der Waals surface area (Å²) in [4.78, 5) is 28.5. The van der Waals surface area contributed by atoms with E-state index in [0.29, 0.717) is 0 Å². The van der Waals surface area contributed by atoms with Crippen molar-refractivity contribution < 1.29 is 42.7 Å². The Morgan fingerprint density at radius 1 is 0.810 bits per heavy atom. The van der Waals surface area contributed by atoms with Crippen LogP contribution in [0.4, 0.5) is 0 Å². The quantitative estimate of drug-likeness (QED) is 0.189. The van der Waals surface area contributed by atoms with E-state index in [-0.39, 0.29) is 18.8 Å². The lowest BCUT2D eigenvalue weighted by molar-refractivity contribution is -0.227. The van der Waals surface area contributed by atoms with Crippen LogP contribution < -0.4 is 0 Å². The van der Waals surface area contributed by atoms with Gasteiger partial charge in [-0.25, -0.2) is 0 Å². The number of rotatable bonds is 11. The summed E-state index contributed by atoms with van der Waals surface area (Å²) in [6.07, 6.45) is -3.67. The van der Waals surface area contributed by atoms with Gasteiger partial charge < -0.3 is 33.2 Å². The van der Waals surface area contributed by atoms with Crippen LogP contribution >= 0.6 is 23.5 Å². The van der Waals surface area contributed by atoms with Crippen LogP contribution in [0.15, 0.2) is 70.5 Å². The number of esters is 1. The maximum Gasteiger partial charge on any atom is 0.302 e. The summed E-state index contributed by atoms with van der Waals surface area (Å²) in [6, 6.07) is 19.5. The Morgan fingerprint density at radius 3 is 1.90 bits per heavy atom. The molecule has 0 bridgehead atoms. The fourth-order valence-corrected chi connectivity index (χ4v) is 8.54. The summed E-state index contributed by atoms with van der Waals surface area (Å²) < 4.78 is 40.9. The first-order valence-corrected chi connectivity index (χ1v) is 15.6. The summed E-state index contributed by atoms with van der Waals surface area (Å²) in [5.74, 6) is -2.57. The van der Waals surface area contributed by atoms with Gasteiger partial charge in [-0.1, -0.05) is 59.9 Å². The second-order valence-corrected chi connectivity index (χ2v) is 14.4.